The summed E-state index contributed by atoms with van der Waals surface area (Å²) in [7, 11) is 0. The van der Waals surface area contributed by atoms with Crippen molar-refractivity contribution in [2.75, 3.05) is 11.4 Å². The number of aryl methyl sites for hydroxylation is 1. The number of ketones is 1. The Bertz CT molecular complexity index is 1180. The monoisotopic (exact) mass is 396 g/mol. The van der Waals surface area contributed by atoms with E-state index in [9.17, 15) is 4.79 Å². The molecule has 0 saturated heterocycles. The van der Waals surface area contributed by atoms with Gasteiger partial charge in [0.2, 0.25) is 5.95 Å². The van der Waals surface area contributed by atoms with Crippen molar-refractivity contribution < 1.29 is 4.79 Å². The average molecular weight is 396 g/mol. The van der Waals surface area contributed by atoms with Crippen molar-refractivity contribution in [2.24, 2.45) is 0 Å². The number of anilines is 2. The van der Waals surface area contributed by atoms with Crippen LogP contribution >= 0.6 is 0 Å². The summed E-state index contributed by atoms with van der Waals surface area (Å²) in [5.74, 6) is 0.738. The summed E-state index contributed by atoms with van der Waals surface area (Å²) in [6, 6.07) is 12.0. The van der Waals surface area contributed by atoms with Gasteiger partial charge in [0.15, 0.2) is 5.78 Å². The maximum atomic E-state index is 12.7. The number of aromatic nitrogens is 3. The molecular weight excluding hydrogens is 372 g/mol. The number of carbonyl (C=O) groups excluding carboxylic acids is 1. The van der Waals surface area contributed by atoms with Gasteiger partial charge in [0, 0.05) is 46.9 Å². The van der Waals surface area contributed by atoms with Gasteiger partial charge in [-0.15, -0.1) is 0 Å². The fraction of sp³-hybridized carbons (Fsp3) is 0.280. The van der Waals surface area contributed by atoms with Crippen LogP contribution in [0.15, 0.2) is 60.4 Å². The highest BCUT2D eigenvalue weighted by molar-refractivity contribution is 6.09. The topological polar surface area (TPSA) is 59.0 Å². The molecule has 2 aromatic heterocycles. The quantitative estimate of drug-likeness (QED) is 0.449. The molecule has 1 aromatic carbocycles. The molecule has 0 N–H and O–H groups in total. The zero-order valence-electron chi connectivity index (χ0n) is 17.5. The summed E-state index contributed by atoms with van der Waals surface area (Å²) in [6.07, 6.45) is 7.87. The molecule has 5 heteroatoms. The van der Waals surface area contributed by atoms with E-state index in [-0.39, 0.29) is 11.2 Å². The van der Waals surface area contributed by atoms with E-state index in [1.165, 1.54) is 18.4 Å². The molecule has 5 rings (SSSR count). The van der Waals surface area contributed by atoms with Crippen LogP contribution in [0.1, 0.15) is 48.3 Å². The number of fused-ring (bicyclic) bond motifs is 2. The Morgan fingerprint density at radius 1 is 1.13 bits per heavy atom. The van der Waals surface area contributed by atoms with Gasteiger partial charge in [-0.3, -0.25) is 9.78 Å². The lowest BCUT2D eigenvalue weighted by atomic mass is 9.95. The van der Waals surface area contributed by atoms with E-state index in [1.807, 2.05) is 69.6 Å². The molecule has 1 aliphatic carbocycles. The van der Waals surface area contributed by atoms with Crippen molar-refractivity contribution in [3.8, 4) is 11.3 Å². The molecule has 1 fully saturated rings. The third-order valence-corrected chi connectivity index (χ3v) is 6.29. The molecule has 5 nitrogen and oxygen atoms in total. The van der Waals surface area contributed by atoms with Crippen LogP contribution in [0.25, 0.3) is 11.3 Å². The van der Waals surface area contributed by atoms with Crippen LogP contribution in [0.5, 0.6) is 0 Å². The largest absolute Gasteiger partial charge is 0.309 e. The van der Waals surface area contributed by atoms with Gasteiger partial charge in [-0.25, -0.2) is 9.97 Å². The molecule has 1 aliphatic heterocycles. The van der Waals surface area contributed by atoms with Gasteiger partial charge < -0.3 is 4.90 Å². The number of carbonyl (C=O) groups is 1. The highest BCUT2D eigenvalue weighted by Gasteiger charge is 2.52. The van der Waals surface area contributed by atoms with E-state index in [4.69, 9.17) is 0 Å². The van der Waals surface area contributed by atoms with Crippen LogP contribution in [0.2, 0.25) is 0 Å². The van der Waals surface area contributed by atoms with Gasteiger partial charge in [-0.05, 0) is 62.9 Å². The lowest BCUT2D eigenvalue weighted by Crippen LogP contribution is -2.21. The Morgan fingerprint density at radius 2 is 1.90 bits per heavy atom. The first-order chi connectivity index (χ1) is 14.5. The number of pyridine rings is 1. The minimum absolute atomic E-state index is 0.0683. The number of allylic oxidation sites excluding steroid dienone is 2. The molecule has 2 aliphatic rings. The van der Waals surface area contributed by atoms with Gasteiger partial charge in [-0.1, -0.05) is 24.3 Å². The number of hydrogen-bond donors (Lipinski definition) is 0. The fourth-order valence-electron chi connectivity index (χ4n) is 4.23. The van der Waals surface area contributed by atoms with Crippen LogP contribution < -0.4 is 4.90 Å². The molecule has 0 amide bonds. The first kappa shape index (κ1) is 18.7. The van der Waals surface area contributed by atoms with Crippen molar-refractivity contribution in [2.45, 2.75) is 39.0 Å². The average Bonchev–Trinajstić information content (AvgIpc) is 3.49. The molecule has 0 unspecified atom stereocenters. The summed E-state index contributed by atoms with van der Waals surface area (Å²) in [5.41, 5.74) is 6.77. The van der Waals surface area contributed by atoms with Gasteiger partial charge in [0.25, 0.3) is 0 Å². The third-order valence-electron chi connectivity index (χ3n) is 6.29. The van der Waals surface area contributed by atoms with Crippen LogP contribution in [-0.2, 0) is 5.41 Å². The Balaban J connectivity index is 1.51. The number of nitrogens with zero attached hydrogens (tertiary/aromatic N) is 4. The summed E-state index contributed by atoms with van der Waals surface area (Å²) < 4.78 is 0. The van der Waals surface area contributed by atoms with E-state index in [0.717, 1.165) is 34.8 Å². The minimum atomic E-state index is 0.0683. The number of benzene rings is 1. The van der Waals surface area contributed by atoms with Crippen LogP contribution in [0.3, 0.4) is 0 Å². The standard InChI is InChI=1S/C25H24N4O/c1-4-16(2)23(30)18-8-9-20-22(12-18)29(15-25(20)10-11-25)24-26-13-19(14-27-24)21-7-5-6-17(3)28-21/h4-9,12-14H,10-11,15H2,1-3H3/b16-4+. The molecule has 0 atom stereocenters. The molecule has 0 bridgehead atoms. The predicted octanol–water partition coefficient (Wildman–Crippen LogP) is 5.18. The Morgan fingerprint density at radius 3 is 2.57 bits per heavy atom. The highest BCUT2D eigenvalue weighted by atomic mass is 16.1. The third kappa shape index (κ3) is 3.02. The second kappa shape index (κ2) is 6.87. The van der Waals surface area contributed by atoms with Gasteiger partial charge >= 0.3 is 0 Å². The first-order valence-electron chi connectivity index (χ1n) is 10.4. The molecule has 0 radical (unpaired) electrons. The maximum Gasteiger partial charge on any atom is 0.229 e. The zero-order valence-corrected chi connectivity index (χ0v) is 17.5. The van der Waals surface area contributed by atoms with E-state index in [1.54, 1.807) is 0 Å². The van der Waals surface area contributed by atoms with Crippen molar-refractivity contribution in [3.05, 3.63) is 77.3 Å². The molecule has 3 heterocycles. The maximum absolute atomic E-state index is 12.7. The second-order valence-corrected chi connectivity index (χ2v) is 8.34. The summed E-state index contributed by atoms with van der Waals surface area (Å²) in [4.78, 5) is 28.7. The van der Waals surface area contributed by atoms with Gasteiger partial charge in [-0.2, -0.15) is 0 Å². The lowest BCUT2D eigenvalue weighted by molar-refractivity contribution is 0.103. The fourth-order valence-corrected chi connectivity index (χ4v) is 4.23. The summed E-state index contributed by atoms with van der Waals surface area (Å²) >= 11 is 0. The smallest absolute Gasteiger partial charge is 0.229 e. The predicted molar refractivity (Wildman–Crippen MR) is 118 cm³/mol. The van der Waals surface area contributed by atoms with E-state index in [2.05, 4.69) is 25.9 Å². The molecule has 1 spiro atoms. The lowest BCUT2D eigenvalue weighted by Gasteiger charge is -2.18. The van der Waals surface area contributed by atoms with Crippen molar-refractivity contribution in [3.63, 3.8) is 0 Å². The normalized spacial score (nSPS) is 16.6. The van der Waals surface area contributed by atoms with Gasteiger partial charge in [0.05, 0.1) is 5.69 Å². The van der Waals surface area contributed by atoms with E-state index < -0.39 is 0 Å². The second-order valence-electron chi connectivity index (χ2n) is 8.34. The van der Waals surface area contributed by atoms with Crippen molar-refractivity contribution in [1.82, 2.24) is 15.0 Å². The summed E-state index contributed by atoms with van der Waals surface area (Å²) in [5, 5.41) is 0. The number of hydrogen-bond acceptors (Lipinski definition) is 5. The van der Waals surface area contributed by atoms with Crippen LogP contribution in [0, 0.1) is 6.92 Å². The zero-order chi connectivity index (χ0) is 20.9. The molecule has 30 heavy (non-hydrogen) atoms. The number of rotatable bonds is 4. The number of Topliss-reactive ketones (excluding diaryl/α,β-unsaturated/α-hetero) is 1. The SMILES string of the molecule is C/C=C(\C)C(=O)c1ccc2c(c1)N(c1ncc(-c3cccc(C)n3)cn1)CC21CC1. The van der Waals surface area contributed by atoms with Crippen LogP contribution in [0.4, 0.5) is 11.6 Å². The van der Waals surface area contributed by atoms with Crippen LogP contribution in [-0.4, -0.2) is 27.3 Å². The van der Waals surface area contributed by atoms with E-state index >= 15 is 0 Å². The van der Waals surface area contributed by atoms with E-state index in [0.29, 0.717) is 11.5 Å². The minimum Gasteiger partial charge on any atom is -0.309 e. The Hall–Kier alpha value is -3.34. The summed E-state index contributed by atoms with van der Waals surface area (Å²) in [6.45, 7) is 6.59. The van der Waals surface area contributed by atoms with Crippen molar-refractivity contribution >= 4 is 17.4 Å². The Labute approximate surface area is 176 Å². The molecule has 150 valence electrons. The van der Waals surface area contributed by atoms with Gasteiger partial charge in [0.1, 0.15) is 0 Å². The highest BCUT2D eigenvalue weighted by Crippen LogP contribution is 2.57. The first-order valence-corrected chi connectivity index (χ1v) is 10.4. The Kier molecular flexibility index (Phi) is 4.28. The molecular formula is C25H24N4O. The molecule has 3 aromatic rings. The molecule has 1 saturated carbocycles. The van der Waals surface area contributed by atoms with Crippen molar-refractivity contribution in [1.29, 1.82) is 0 Å².